The fraction of sp³-hybridized carbons (Fsp3) is 0.382. The Hall–Kier alpha value is -4.00. The molecule has 0 aromatic heterocycles. The molecule has 2 N–H and O–H groups in total. The second-order valence-electron chi connectivity index (χ2n) is 11.4. The molecule has 1 saturated heterocycles. The quantitative estimate of drug-likeness (QED) is 0.287. The summed E-state index contributed by atoms with van der Waals surface area (Å²) in [6.07, 6.45) is 0.136. The number of hydrogen-bond acceptors (Lipinski definition) is 6. The van der Waals surface area contributed by atoms with Crippen molar-refractivity contribution in [1.29, 1.82) is 5.26 Å². The smallest absolute Gasteiger partial charge is 0.243 e. The second kappa shape index (κ2) is 14.0. The first-order valence-electron chi connectivity index (χ1n) is 14.7. The molecule has 3 unspecified atom stereocenters. The van der Waals surface area contributed by atoms with Crippen LogP contribution in [0.5, 0.6) is 0 Å². The maximum atomic E-state index is 13.6. The van der Waals surface area contributed by atoms with Gasteiger partial charge in [-0.2, -0.15) is 5.26 Å². The summed E-state index contributed by atoms with van der Waals surface area (Å²) in [5, 5.41) is 23.6. The van der Waals surface area contributed by atoms with E-state index in [2.05, 4.69) is 11.4 Å². The molecule has 9 heteroatoms. The van der Waals surface area contributed by atoms with Gasteiger partial charge < -0.3 is 15.3 Å². The minimum atomic E-state index is -3.96. The summed E-state index contributed by atoms with van der Waals surface area (Å²) in [5.74, 6) is -1.10. The van der Waals surface area contributed by atoms with Gasteiger partial charge in [-0.3, -0.25) is 9.59 Å². The third-order valence-electron chi connectivity index (χ3n) is 8.30. The molecule has 0 radical (unpaired) electrons. The highest BCUT2D eigenvalue weighted by Crippen LogP contribution is 2.37. The molecule has 0 bridgehead atoms. The van der Waals surface area contributed by atoms with Crippen molar-refractivity contribution in [2.24, 2.45) is 5.92 Å². The first-order chi connectivity index (χ1) is 20.6. The van der Waals surface area contributed by atoms with Crippen molar-refractivity contribution in [3.63, 3.8) is 0 Å². The summed E-state index contributed by atoms with van der Waals surface area (Å²) >= 11 is 0. The Morgan fingerprint density at radius 3 is 2.00 bits per heavy atom. The highest BCUT2D eigenvalue weighted by Gasteiger charge is 2.47. The van der Waals surface area contributed by atoms with Crippen LogP contribution in [0.2, 0.25) is 0 Å². The van der Waals surface area contributed by atoms with Crippen LogP contribution in [0.25, 0.3) is 0 Å². The van der Waals surface area contributed by atoms with Crippen LogP contribution in [0.4, 0.5) is 0 Å². The number of unbranched alkanes of at least 4 members (excludes halogenated alkanes) is 1. The molecule has 226 valence electrons. The van der Waals surface area contributed by atoms with E-state index in [-0.39, 0.29) is 42.5 Å². The fourth-order valence-electron chi connectivity index (χ4n) is 5.82. The fourth-order valence-corrected chi connectivity index (χ4v) is 7.91. The lowest BCUT2D eigenvalue weighted by Crippen LogP contribution is -2.47. The number of rotatable bonds is 12. The summed E-state index contributed by atoms with van der Waals surface area (Å²) in [5.41, 5.74) is 1.80. The van der Waals surface area contributed by atoms with E-state index in [1.807, 2.05) is 60.7 Å². The van der Waals surface area contributed by atoms with E-state index in [1.165, 1.54) is 17.0 Å². The Morgan fingerprint density at radius 1 is 0.953 bits per heavy atom. The van der Waals surface area contributed by atoms with Crippen LogP contribution in [0, 0.1) is 17.2 Å². The van der Waals surface area contributed by atoms with E-state index in [4.69, 9.17) is 0 Å². The number of nitrogens with one attached hydrogen (secondary N) is 1. The molecule has 1 aliphatic rings. The van der Waals surface area contributed by atoms with Gasteiger partial charge in [0, 0.05) is 19.4 Å². The van der Waals surface area contributed by atoms with Gasteiger partial charge >= 0.3 is 0 Å². The maximum absolute atomic E-state index is 13.6. The van der Waals surface area contributed by atoms with Crippen molar-refractivity contribution >= 4 is 21.7 Å². The molecular weight excluding hydrogens is 562 g/mol. The number of hydrogen-bond donors (Lipinski definition) is 2. The third kappa shape index (κ3) is 6.98. The second-order valence-corrected chi connectivity index (χ2v) is 13.6. The van der Waals surface area contributed by atoms with Gasteiger partial charge in [0.2, 0.25) is 11.8 Å². The zero-order chi connectivity index (χ0) is 31.0. The number of nitriles is 1. The van der Waals surface area contributed by atoms with Crippen molar-refractivity contribution in [3.8, 4) is 6.07 Å². The summed E-state index contributed by atoms with van der Waals surface area (Å²) in [7, 11) is -3.96. The van der Waals surface area contributed by atoms with Crippen molar-refractivity contribution < 1.29 is 23.1 Å². The van der Waals surface area contributed by atoms with Crippen LogP contribution in [-0.4, -0.2) is 53.7 Å². The molecule has 1 aliphatic heterocycles. The Balaban J connectivity index is 1.43. The molecular formula is C34H39N3O5S. The highest BCUT2D eigenvalue weighted by atomic mass is 32.2. The van der Waals surface area contributed by atoms with E-state index >= 15 is 0 Å². The normalized spacial score (nSPS) is 18.3. The minimum absolute atomic E-state index is 0.0504. The molecule has 1 heterocycles. The van der Waals surface area contributed by atoms with E-state index in [1.54, 1.807) is 32.0 Å². The van der Waals surface area contributed by atoms with E-state index in [9.17, 15) is 28.4 Å². The number of sulfone groups is 1. The summed E-state index contributed by atoms with van der Waals surface area (Å²) in [4.78, 5) is 28.4. The number of likely N-dealkylation sites (tertiary alicyclic amines) is 1. The summed E-state index contributed by atoms with van der Waals surface area (Å²) in [6, 6.07) is 28.0. The molecule has 1 fully saturated rings. The van der Waals surface area contributed by atoms with Gasteiger partial charge in [0.1, 0.15) is 6.04 Å². The number of aliphatic hydroxyl groups is 1. The average Bonchev–Trinajstić information content (AvgIpc) is 3.42. The van der Waals surface area contributed by atoms with Gasteiger partial charge in [0.05, 0.1) is 23.1 Å². The van der Waals surface area contributed by atoms with Crippen LogP contribution in [0.3, 0.4) is 0 Å². The lowest BCUT2D eigenvalue weighted by atomic mass is 9.90. The summed E-state index contributed by atoms with van der Waals surface area (Å²) in [6.45, 7) is 3.50. The monoisotopic (exact) mass is 601 g/mol. The molecule has 3 aromatic carbocycles. The SMILES string of the molecule is CC(C)C(C#N)(CCCCC(=O)N1CC(O)CC1C(=O)NC(c1ccccc1)c1ccccc1)S(=O)(=O)c1ccccc1. The predicted molar refractivity (Wildman–Crippen MR) is 164 cm³/mol. The number of nitrogens with zero attached hydrogens (tertiary/aromatic N) is 2. The molecule has 3 aromatic rings. The molecule has 43 heavy (non-hydrogen) atoms. The van der Waals surface area contributed by atoms with Gasteiger partial charge in [0.25, 0.3) is 0 Å². The molecule has 4 rings (SSSR count). The maximum Gasteiger partial charge on any atom is 0.243 e. The Morgan fingerprint density at radius 2 is 1.49 bits per heavy atom. The molecule has 2 amide bonds. The van der Waals surface area contributed by atoms with Crippen molar-refractivity contribution in [2.45, 2.75) is 73.8 Å². The van der Waals surface area contributed by atoms with Crippen LogP contribution < -0.4 is 5.32 Å². The lowest BCUT2D eigenvalue weighted by molar-refractivity contribution is -0.138. The first kappa shape index (κ1) is 31.9. The summed E-state index contributed by atoms with van der Waals surface area (Å²) < 4.78 is 25.5. The largest absolute Gasteiger partial charge is 0.391 e. The minimum Gasteiger partial charge on any atom is -0.391 e. The number of carbonyl (C=O) groups excluding carboxylic acids is 2. The zero-order valence-corrected chi connectivity index (χ0v) is 25.4. The molecule has 3 atom stereocenters. The molecule has 8 nitrogen and oxygen atoms in total. The van der Waals surface area contributed by atoms with Crippen LogP contribution in [-0.2, 0) is 19.4 Å². The molecule has 0 spiro atoms. The van der Waals surface area contributed by atoms with E-state index < -0.39 is 38.7 Å². The standard InChI is InChI=1S/C34H39N3O5S/c1-25(2)34(24-35,43(41,42)29-18-10-5-11-19-29)21-13-12-20-31(39)37-23-28(38)22-30(37)33(40)36-32(26-14-6-3-7-15-26)27-16-8-4-9-17-27/h3-11,14-19,25,28,30,32,38H,12-13,20-23H2,1-2H3,(H,36,40). The molecule has 0 aliphatic carbocycles. The van der Waals surface area contributed by atoms with Gasteiger partial charge in [-0.1, -0.05) is 99.1 Å². The topological polar surface area (TPSA) is 128 Å². The van der Waals surface area contributed by atoms with Gasteiger partial charge in [-0.15, -0.1) is 0 Å². The molecule has 0 saturated carbocycles. The van der Waals surface area contributed by atoms with Crippen LogP contribution >= 0.6 is 0 Å². The van der Waals surface area contributed by atoms with E-state index in [0.717, 1.165) is 11.1 Å². The average molecular weight is 602 g/mol. The Kier molecular flexibility index (Phi) is 10.4. The number of benzene rings is 3. The number of β-amino-alcohol motifs (C(OH)–C–C–N with tert-alkyl or cyclic N) is 1. The first-order valence-corrected chi connectivity index (χ1v) is 16.2. The zero-order valence-electron chi connectivity index (χ0n) is 24.6. The highest BCUT2D eigenvalue weighted by molar-refractivity contribution is 7.93. The Labute approximate surface area is 254 Å². The third-order valence-corrected chi connectivity index (χ3v) is 10.9. The van der Waals surface area contributed by atoms with Gasteiger partial charge in [-0.05, 0) is 42.0 Å². The number of carbonyl (C=O) groups is 2. The van der Waals surface area contributed by atoms with Gasteiger partial charge in [-0.25, -0.2) is 8.42 Å². The lowest BCUT2D eigenvalue weighted by Gasteiger charge is -2.30. The van der Waals surface area contributed by atoms with Crippen LogP contribution in [0.15, 0.2) is 95.9 Å². The van der Waals surface area contributed by atoms with Crippen molar-refractivity contribution in [2.75, 3.05) is 6.54 Å². The number of amides is 2. The van der Waals surface area contributed by atoms with Crippen LogP contribution in [0.1, 0.15) is 63.1 Å². The number of aliphatic hydroxyl groups excluding tert-OH is 1. The van der Waals surface area contributed by atoms with Crippen molar-refractivity contribution in [1.82, 2.24) is 10.2 Å². The van der Waals surface area contributed by atoms with Gasteiger partial charge in [0.15, 0.2) is 14.6 Å². The van der Waals surface area contributed by atoms with E-state index in [0.29, 0.717) is 12.8 Å². The Bertz CT molecular complexity index is 1480. The van der Waals surface area contributed by atoms with Crippen molar-refractivity contribution in [3.05, 3.63) is 102 Å². The predicted octanol–water partition coefficient (Wildman–Crippen LogP) is 4.81.